The number of carbonyl (C=O) groups excluding carboxylic acids is 13. The maximum Gasteiger partial charge on any atom is 0.412 e. The second-order valence-electron chi connectivity index (χ2n) is 20.8. The molecule has 15 N–H and O–H groups in total. The summed E-state index contributed by atoms with van der Waals surface area (Å²) in [5, 5.41) is 54.0. The van der Waals surface area contributed by atoms with Crippen LogP contribution in [-0.4, -0.2) is 211 Å². The summed E-state index contributed by atoms with van der Waals surface area (Å²) in [5.41, 5.74) is 5.65. The summed E-state index contributed by atoms with van der Waals surface area (Å²) in [6, 6.07) is -6.24. The Labute approximate surface area is 482 Å². The molecule has 0 aliphatic carbocycles. The average molecular weight is 1200 g/mol. The third-order valence-electron chi connectivity index (χ3n) is 14.6. The normalized spacial score (nSPS) is 25.2. The van der Waals surface area contributed by atoms with Crippen molar-refractivity contribution in [3.8, 4) is 5.75 Å². The van der Waals surface area contributed by atoms with E-state index in [4.69, 9.17) is 10.5 Å². The van der Waals surface area contributed by atoms with E-state index < -0.39 is 206 Å². The molecule has 458 valence electrons. The lowest BCUT2D eigenvalue weighted by Gasteiger charge is -2.32. The van der Waals surface area contributed by atoms with E-state index in [1.54, 1.807) is 13.8 Å². The van der Waals surface area contributed by atoms with Gasteiger partial charge in [0.1, 0.15) is 53.6 Å². The maximum atomic E-state index is 15.0. The van der Waals surface area contributed by atoms with E-state index in [9.17, 15) is 77.6 Å². The number of unbranched alkanes of at least 4 members (excludes halogenated alkanes) is 3. The van der Waals surface area contributed by atoms with Gasteiger partial charge in [0.05, 0.1) is 60.4 Å². The molecule has 32 heteroatoms. The molecule has 1 unspecified atom stereocenters. The molecule has 2 aromatic rings. The highest BCUT2D eigenvalue weighted by Crippen LogP contribution is 2.31. The molecular weight excluding hydrogens is 1130 g/mol. The molecule has 1 fully saturated rings. The average Bonchev–Trinajstić information content (AvgIpc) is 4.31. The first-order chi connectivity index (χ1) is 39.9. The van der Waals surface area contributed by atoms with E-state index in [1.807, 2.05) is 0 Å². The van der Waals surface area contributed by atoms with Gasteiger partial charge in [-0.25, -0.2) is 4.79 Å². The van der Waals surface area contributed by atoms with Gasteiger partial charge in [-0.15, -0.1) is 0 Å². The van der Waals surface area contributed by atoms with Crippen LogP contribution in [0.5, 0.6) is 5.75 Å². The zero-order chi connectivity index (χ0) is 61.5. The number of nitrogens with two attached hydrogens (primary N) is 1. The highest BCUT2D eigenvalue weighted by atomic mass is 32.2. The molecule has 31 nitrogen and oxygen atoms in total. The molecule has 11 atom stereocenters. The van der Waals surface area contributed by atoms with Gasteiger partial charge >= 0.3 is 6.09 Å². The second-order valence-corrected chi connectivity index (χ2v) is 22.2. The van der Waals surface area contributed by atoms with E-state index in [-0.39, 0.29) is 40.3 Å². The number of primary amides is 1. The SMILES string of the molecule is CC[C@H](C)[C@@H]1NC(=O)CNC(=O)[C@H]2Cc3c([nH]c4cc(OC(=O)NCCCCCCNC(=O)CN5C(=O)C=CC5=O)ccc34)S(=O)C[C@@H](NC(=O)CNC1=O)C(=O)N[C@@H](CC(N)=O)C(=O)N1C[C@H](O)C[C@H]1C(=O)N[C@@H]([C@H](C)[C@H](O)CO)C(=O)N2. The van der Waals surface area contributed by atoms with Crippen LogP contribution in [0.1, 0.15) is 71.3 Å². The molecule has 4 aliphatic heterocycles. The number of imide groups is 1. The highest BCUT2D eigenvalue weighted by molar-refractivity contribution is 7.85. The Hall–Kier alpha value is -8.36. The third kappa shape index (κ3) is 17.1. The minimum absolute atomic E-state index is 0.0103. The largest absolute Gasteiger partial charge is 0.412 e. The lowest BCUT2D eigenvalue weighted by atomic mass is 9.93. The Kier molecular flexibility index (Phi) is 23.0. The Bertz CT molecular complexity index is 2940. The van der Waals surface area contributed by atoms with Gasteiger partial charge in [0, 0.05) is 62.0 Å². The van der Waals surface area contributed by atoms with E-state index in [0.29, 0.717) is 32.1 Å². The van der Waals surface area contributed by atoms with Crippen LogP contribution in [0.25, 0.3) is 10.9 Å². The van der Waals surface area contributed by atoms with Crippen molar-refractivity contribution in [1.82, 2.24) is 62.6 Å². The van der Waals surface area contributed by atoms with Gasteiger partial charge in [-0.05, 0) is 36.5 Å². The number of nitrogens with one attached hydrogen (secondary N) is 10. The number of aromatic nitrogens is 1. The Morgan fingerprint density at radius 1 is 0.798 bits per heavy atom. The van der Waals surface area contributed by atoms with Crippen molar-refractivity contribution in [3.63, 3.8) is 0 Å². The number of carbonyl (C=O) groups is 13. The number of aliphatic hydroxyl groups excluding tert-OH is 3. The van der Waals surface area contributed by atoms with Crippen molar-refractivity contribution in [3.05, 3.63) is 35.9 Å². The summed E-state index contributed by atoms with van der Waals surface area (Å²) < 4.78 is 20.6. The van der Waals surface area contributed by atoms with Gasteiger partial charge in [-0.3, -0.25) is 66.6 Å². The molecule has 0 spiro atoms. The van der Waals surface area contributed by atoms with Crippen LogP contribution in [0.3, 0.4) is 0 Å². The molecule has 2 bridgehead atoms. The number of aromatic amines is 1. The van der Waals surface area contributed by atoms with Crippen LogP contribution in [-0.2, 0) is 74.8 Å². The summed E-state index contributed by atoms with van der Waals surface area (Å²) in [5.74, 6) is -14.1. The quantitative estimate of drug-likeness (QED) is 0.0518. The number of amides is 13. The molecule has 4 aliphatic rings. The smallest absolute Gasteiger partial charge is 0.410 e. The lowest BCUT2D eigenvalue weighted by Crippen LogP contribution is -2.62. The van der Waals surface area contributed by atoms with Crippen LogP contribution in [0.4, 0.5) is 4.79 Å². The first-order valence-electron chi connectivity index (χ1n) is 27.3. The number of benzene rings is 1. The van der Waals surface area contributed by atoms with Crippen molar-refractivity contribution in [2.45, 2.75) is 126 Å². The monoisotopic (exact) mass is 1200 g/mol. The molecule has 1 saturated heterocycles. The van der Waals surface area contributed by atoms with E-state index in [2.05, 4.69) is 52.8 Å². The number of hydrogen-bond acceptors (Lipinski definition) is 18. The van der Waals surface area contributed by atoms with Gasteiger partial charge in [-0.2, -0.15) is 0 Å². The molecule has 0 radical (unpaired) electrons. The predicted octanol–water partition coefficient (Wildman–Crippen LogP) is -5.94. The highest BCUT2D eigenvalue weighted by Gasteiger charge is 2.45. The number of rotatable bonds is 17. The van der Waals surface area contributed by atoms with Crippen LogP contribution in [0, 0.1) is 11.8 Å². The fraction of sp³-hybridized carbons (Fsp3) is 0.558. The zero-order valence-corrected chi connectivity index (χ0v) is 47.1. The topological polar surface area (TPSA) is 465 Å². The number of hydrogen-bond donors (Lipinski definition) is 14. The number of aliphatic hydroxyl groups is 3. The summed E-state index contributed by atoms with van der Waals surface area (Å²) in [6.45, 7) is 1.58. The second kappa shape index (κ2) is 29.8. The first kappa shape index (κ1) is 64.8. The van der Waals surface area contributed by atoms with Crippen LogP contribution >= 0.6 is 0 Å². The fourth-order valence-electron chi connectivity index (χ4n) is 9.71. The lowest BCUT2D eigenvalue weighted by molar-refractivity contribution is -0.144. The summed E-state index contributed by atoms with van der Waals surface area (Å²) >= 11 is 0. The molecule has 5 heterocycles. The molecule has 1 aromatic heterocycles. The van der Waals surface area contributed by atoms with Gasteiger partial charge < -0.3 is 83.5 Å². The predicted molar refractivity (Wildman–Crippen MR) is 292 cm³/mol. The number of nitrogens with zero attached hydrogens (tertiary/aromatic N) is 2. The zero-order valence-electron chi connectivity index (χ0n) is 46.3. The molecule has 6 rings (SSSR count). The first-order valence-corrected chi connectivity index (χ1v) is 28.6. The van der Waals surface area contributed by atoms with Gasteiger partial charge in [0.2, 0.25) is 59.1 Å². The van der Waals surface area contributed by atoms with E-state index in [0.717, 1.165) is 22.0 Å². The Morgan fingerprint density at radius 3 is 2.11 bits per heavy atom. The van der Waals surface area contributed by atoms with E-state index in [1.165, 1.54) is 25.1 Å². The van der Waals surface area contributed by atoms with Gasteiger partial charge in [0.25, 0.3) is 11.8 Å². The van der Waals surface area contributed by atoms with Crippen molar-refractivity contribution in [1.29, 1.82) is 0 Å². The van der Waals surface area contributed by atoms with Crippen molar-refractivity contribution in [2.24, 2.45) is 17.6 Å². The summed E-state index contributed by atoms with van der Waals surface area (Å²) in [4.78, 5) is 179. The Morgan fingerprint density at radius 2 is 1.45 bits per heavy atom. The fourth-order valence-corrected chi connectivity index (χ4v) is 11.1. The maximum absolute atomic E-state index is 15.0. The molecular formula is C52H71N13O18S. The van der Waals surface area contributed by atoms with Crippen molar-refractivity contribution >= 4 is 98.7 Å². The minimum atomic E-state index is -2.50. The number of H-pyrrole nitrogens is 1. The van der Waals surface area contributed by atoms with Crippen LogP contribution in [0.15, 0.2) is 35.4 Å². The van der Waals surface area contributed by atoms with Crippen LogP contribution in [0.2, 0.25) is 0 Å². The minimum Gasteiger partial charge on any atom is -0.410 e. The molecule has 84 heavy (non-hydrogen) atoms. The van der Waals surface area contributed by atoms with Gasteiger partial charge in [0.15, 0.2) is 0 Å². The number of ether oxygens (including phenoxy) is 1. The standard InChI is InChI=1S/C52H71N13O18S/c1-4-25(2)43-48(78)57-19-38(70)58-34-24-84(82)50-30(29-10-9-28(16-31(29)61-50)83-52(81)55-14-8-6-5-7-13-54-40(72)22-65-41(73)11-12-42(65)74)17-32(45(75)56-20-39(71)62-43)59-49(79)44(26(3)36(68)23-66)63-47(77)35-15-27(67)21-64(35)51(80)33(18-37(53)69)60-46(34)76/h9-12,16,25-27,32-36,43-44,61,66-68H,4-8,13-15,17-24H2,1-3H3,(H2,53,69)(H,54,72)(H,55,81)(H,56,75)(H,57,78)(H,58,70)(H,59,79)(H,60,76)(H,62,71)(H,63,77)/t25-,26+,27+,32+,33-,34+,35-,36+,43-,44-,84?/m0/s1. The van der Waals surface area contributed by atoms with Gasteiger partial charge in [-0.1, -0.05) is 40.0 Å². The number of fused-ring (bicyclic) bond motifs is 5. The molecule has 0 saturated carbocycles. The van der Waals surface area contributed by atoms with Crippen molar-refractivity contribution < 1.29 is 86.6 Å². The molecule has 1 aromatic carbocycles. The third-order valence-corrected chi connectivity index (χ3v) is 16.1. The van der Waals surface area contributed by atoms with Crippen LogP contribution < -0.4 is 58.3 Å². The summed E-state index contributed by atoms with van der Waals surface area (Å²) in [7, 11) is -2.50. The van der Waals surface area contributed by atoms with Crippen molar-refractivity contribution in [2.75, 3.05) is 51.6 Å². The molecule has 13 amide bonds. The van der Waals surface area contributed by atoms with E-state index >= 15 is 4.21 Å². The Balaban J connectivity index is 1.35. The summed E-state index contributed by atoms with van der Waals surface area (Å²) in [6.07, 6.45) is -1.09.